The molecule has 1 saturated heterocycles. The maximum absolute atomic E-state index is 12.3. The third-order valence-electron chi connectivity index (χ3n) is 3.54. The third-order valence-corrected chi connectivity index (χ3v) is 3.54. The van der Waals surface area contributed by atoms with Crippen LogP contribution in [0, 0.1) is 0 Å². The molecule has 1 aliphatic heterocycles. The van der Waals surface area contributed by atoms with Gasteiger partial charge in [-0.3, -0.25) is 9.78 Å². The second-order valence-corrected chi connectivity index (χ2v) is 4.87. The number of nitrogens with two attached hydrogens (primary N) is 1. The molecule has 1 fully saturated rings. The molecular weight excluding hydrogens is 262 g/mol. The van der Waals surface area contributed by atoms with Gasteiger partial charge in [0.25, 0.3) is 0 Å². The van der Waals surface area contributed by atoms with Crippen molar-refractivity contribution in [3.05, 3.63) is 30.1 Å². The third kappa shape index (κ3) is 3.67. The van der Waals surface area contributed by atoms with Gasteiger partial charge < -0.3 is 10.6 Å². The van der Waals surface area contributed by atoms with Gasteiger partial charge in [-0.05, 0) is 37.0 Å². The summed E-state index contributed by atoms with van der Waals surface area (Å²) in [6.07, 6.45) is 7.34. The molecule has 0 spiro atoms. The van der Waals surface area contributed by atoms with Crippen LogP contribution < -0.4 is 5.73 Å². The first-order valence-electron chi connectivity index (χ1n) is 6.70. The van der Waals surface area contributed by atoms with Crippen molar-refractivity contribution in [1.82, 2.24) is 9.88 Å². The Morgan fingerprint density at radius 3 is 2.84 bits per heavy atom. The second kappa shape index (κ2) is 7.46. The molecule has 2 atom stereocenters. The molecule has 0 aliphatic carbocycles. The van der Waals surface area contributed by atoms with Crippen LogP contribution in [0.25, 0.3) is 0 Å². The Labute approximate surface area is 120 Å². The monoisotopic (exact) mass is 283 g/mol. The van der Waals surface area contributed by atoms with Crippen molar-refractivity contribution >= 4 is 18.3 Å². The van der Waals surface area contributed by atoms with Crippen LogP contribution in [-0.4, -0.2) is 28.4 Å². The molecule has 106 valence electrons. The molecular formula is C14H22ClN3O. The van der Waals surface area contributed by atoms with Crippen molar-refractivity contribution < 1.29 is 4.79 Å². The van der Waals surface area contributed by atoms with Crippen molar-refractivity contribution in [3.8, 4) is 0 Å². The minimum Gasteiger partial charge on any atom is -0.334 e. The average molecular weight is 284 g/mol. The van der Waals surface area contributed by atoms with E-state index in [1.807, 2.05) is 17.0 Å². The van der Waals surface area contributed by atoms with Crippen LogP contribution in [0.5, 0.6) is 0 Å². The summed E-state index contributed by atoms with van der Waals surface area (Å²) in [5.41, 5.74) is 7.11. The fourth-order valence-corrected chi connectivity index (χ4v) is 2.61. The molecule has 5 heteroatoms. The van der Waals surface area contributed by atoms with Gasteiger partial charge in [-0.2, -0.15) is 0 Å². The lowest BCUT2D eigenvalue weighted by Crippen LogP contribution is -2.43. The molecule has 2 rings (SSSR count). The Morgan fingerprint density at radius 2 is 2.21 bits per heavy atom. The van der Waals surface area contributed by atoms with Gasteiger partial charge in [0, 0.05) is 18.9 Å². The summed E-state index contributed by atoms with van der Waals surface area (Å²) in [4.78, 5) is 18.3. The van der Waals surface area contributed by atoms with Gasteiger partial charge in [0.2, 0.25) is 5.91 Å². The zero-order chi connectivity index (χ0) is 13.0. The molecule has 0 aromatic carbocycles. The highest BCUT2D eigenvalue weighted by Gasteiger charge is 2.32. The zero-order valence-electron chi connectivity index (χ0n) is 11.3. The van der Waals surface area contributed by atoms with Crippen LogP contribution in [0.3, 0.4) is 0 Å². The summed E-state index contributed by atoms with van der Waals surface area (Å²) in [6, 6.07) is 3.81. The lowest BCUT2D eigenvalue weighted by molar-refractivity contribution is -0.133. The van der Waals surface area contributed by atoms with Crippen LogP contribution in [0.2, 0.25) is 0 Å². The Balaban J connectivity index is 0.00000180. The maximum Gasteiger partial charge on any atom is 0.239 e. The number of rotatable bonds is 4. The van der Waals surface area contributed by atoms with E-state index in [9.17, 15) is 4.79 Å². The number of carbonyl (C=O) groups is 1. The number of amides is 1. The van der Waals surface area contributed by atoms with Gasteiger partial charge in [0.1, 0.15) is 0 Å². The Morgan fingerprint density at radius 1 is 1.53 bits per heavy atom. The molecule has 0 bridgehead atoms. The minimum atomic E-state index is -0.350. The molecule has 1 aromatic heterocycles. The number of likely N-dealkylation sites (tertiary alicyclic amines) is 1. The largest absolute Gasteiger partial charge is 0.334 e. The van der Waals surface area contributed by atoms with E-state index in [1.165, 1.54) is 5.56 Å². The molecule has 2 N–H and O–H groups in total. The summed E-state index contributed by atoms with van der Waals surface area (Å²) in [7, 11) is 0. The fraction of sp³-hybridized carbons (Fsp3) is 0.571. The number of nitrogens with zero attached hydrogens (tertiary/aromatic N) is 2. The van der Waals surface area contributed by atoms with Crippen molar-refractivity contribution in [2.24, 2.45) is 5.73 Å². The number of halogens is 1. The number of hydrogen-bond donors (Lipinski definition) is 1. The summed E-state index contributed by atoms with van der Waals surface area (Å²) >= 11 is 0. The van der Waals surface area contributed by atoms with Crippen LogP contribution in [0.4, 0.5) is 0 Å². The lowest BCUT2D eigenvalue weighted by atomic mass is 10.0. The Hall–Kier alpha value is -1.13. The summed E-state index contributed by atoms with van der Waals surface area (Å²) in [5, 5.41) is 0. The average Bonchev–Trinajstić information content (AvgIpc) is 2.88. The smallest absolute Gasteiger partial charge is 0.239 e. The van der Waals surface area contributed by atoms with Crippen molar-refractivity contribution in [2.75, 3.05) is 6.54 Å². The summed E-state index contributed by atoms with van der Waals surface area (Å²) < 4.78 is 0. The van der Waals surface area contributed by atoms with E-state index in [4.69, 9.17) is 5.73 Å². The molecule has 0 saturated carbocycles. The quantitative estimate of drug-likeness (QED) is 0.922. The van der Waals surface area contributed by atoms with Gasteiger partial charge in [-0.15, -0.1) is 12.4 Å². The fourth-order valence-electron chi connectivity index (χ4n) is 2.61. The van der Waals surface area contributed by atoms with Gasteiger partial charge in [-0.25, -0.2) is 0 Å². The van der Waals surface area contributed by atoms with E-state index in [2.05, 4.69) is 11.9 Å². The SMILES string of the molecule is CCCC(N)C(=O)N1CCCC1c1ccncc1.Cl. The Kier molecular flexibility index (Phi) is 6.25. The predicted molar refractivity (Wildman–Crippen MR) is 78.1 cm³/mol. The molecule has 1 amide bonds. The van der Waals surface area contributed by atoms with E-state index >= 15 is 0 Å². The van der Waals surface area contributed by atoms with Crippen molar-refractivity contribution in [1.29, 1.82) is 0 Å². The molecule has 1 aliphatic rings. The summed E-state index contributed by atoms with van der Waals surface area (Å²) in [5.74, 6) is 0.0937. The van der Waals surface area contributed by atoms with E-state index < -0.39 is 0 Å². The van der Waals surface area contributed by atoms with E-state index in [-0.39, 0.29) is 30.4 Å². The van der Waals surface area contributed by atoms with E-state index in [1.54, 1.807) is 12.4 Å². The van der Waals surface area contributed by atoms with Gasteiger partial charge in [-0.1, -0.05) is 13.3 Å². The number of aromatic nitrogens is 1. The lowest BCUT2D eigenvalue weighted by Gasteiger charge is -2.27. The molecule has 4 nitrogen and oxygen atoms in total. The second-order valence-electron chi connectivity index (χ2n) is 4.87. The van der Waals surface area contributed by atoms with Crippen molar-refractivity contribution in [2.45, 2.75) is 44.7 Å². The predicted octanol–water partition coefficient (Wildman–Crippen LogP) is 2.29. The number of pyridine rings is 1. The minimum absolute atomic E-state index is 0. The van der Waals surface area contributed by atoms with Crippen LogP contribution >= 0.6 is 12.4 Å². The molecule has 2 heterocycles. The first-order valence-corrected chi connectivity index (χ1v) is 6.70. The molecule has 1 aromatic rings. The van der Waals surface area contributed by atoms with Crippen molar-refractivity contribution in [3.63, 3.8) is 0 Å². The molecule has 19 heavy (non-hydrogen) atoms. The maximum atomic E-state index is 12.3. The molecule has 0 radical (unpaired) electrons. The van der Waals surface area contributed by atoms with E-state index in [0.29, 0.717) is 0 Å². The normalized spacial score (nSPS) is 19.9. The van der Waals surface area contributed by atoms with E-state index in [0.717, 1.165) is 32.2 Å². The first-order chi connectivity index (χ1) is 8.74. The highest BCUT2D eigenvalue weighted by atomic mass is 35.5. The summed E-state index contributed by atoms with van der Waals surface area (Å²) in [6.45, 7) is 2.88. The first kappa shape index (κ1) is 15.9. The molecule has 2 unspecified atom stereocenters. The van der Waals surface area contributed by atoms with Gasteiger partial charge >= 0.3 is 0 Å². The van der Waals surface area contributed by atoms with Crippen LogP contribution in [0.1, 0.15) is 44.2 Å². The van der Waals surface area contributed by atoms with Gasteiger partial charge in [0.15, 0.2) is 0 Å². The Bertz CT molecular complexity index is 399. The number of carbonyl (C=O) groups excluding carboxylic acids is 1. The highest BCUT2D eigenvalue weighted by Crippen LogP contribution is 2.32. The highest BCUT2D eigenvalue weighted by molar-refractivity contribution is 5.85. The zero-order valence-corrected chi connectivity index (χ0v) is 12.1. The topological polar surface area (TPSA) is 59.2 Å². The number of hydrogen-bond acceptors (Lipinski definition) is 3. The van der Waals surface area contributed by atoms with Gasteiger partial charge in [0.05, 0.1) is 12.1 Å². The standard InChI is InChI=1S/C14H21N3O.ClH/c1-2-4-12(15)14(18)17-10-3-5-13(17)11-6-8-16-9-7-11;/h6-9,12-13H,2-5,10,15H2,1H3;1H. The van der Waals surface area contributed by atoms with Crippen LogP contribution in [-0.2, 0) is 4.79 Å². The van der Waals surface area contributed by atoms with Crippen LogP contribution in [0.15, 0.2) is 24.5 Å².